The molecule has 0 aliphatic heterocycles. The zero-order chi connectivity index (χ0) is 17.1. The highest BCUT2D eigenvalue weighted by atomic mass is 35.5. The molecule has 1 aliphatic rings. The second-order valence-corrected chi connectivity index (χ2v) is 5.95. The van der Waals surface area contributed by atoms with Gasteiger partial charge < -0.3 is 10.6 Å². The molecule has 132 valence electrons. The quantitative estimate of drug-likeness (QED) is 0.631. The van der Waals surface area contributed by atoms with E-state index < -0.39 is 4.92 Å². The summed E-state index contributed by atoms with van der Waals surface area (Å²) in [7, 11) is 0. The standard InChI is InChI=1S/C18H19N3O3.ClH/c19-11-13-5-7-14(8-6-13)18(22)20(16-9-10-16)12-15-3-1-2-4-17(15)21(23)24;/h1-8,16H,9-12,19H2;1H. The highest BCUT2D eigenvalue weighted by molar-refractivity contribution is 5.94. The molecule has 2 aromatic rings. The first-order chi connectivity index (χ1) is 11.6. The molecule has 0 aromatic heterocycles. The molecule has 1 saturated carbocycles. The lowest BCUT2D eigenvalue weighted by atomic mass is 10.1. The third kappa shape index (κ3) is 4.35. The normalized spacial score (nSPS) is 13.0. The predicted molar refractivity (Wildman–Crippen MR) is 97.6 cm³/mol. The van der Waals surface area contributed by atoms with Crippen LogP contribution in [0.3, 0.4) is 0 Å². The number of carbonyl (C=O) groups excluding carboxylic acids is 1. The van der Waals surface area contributed by atoms with Crippen LogP contribution in [0.2, 0.25) is 0 Å². The van der Waals surface area contributed by atoms with Crippen molar-refractivity contribution in [1.29, 1.82) is 0 Å². The van der Waals surface area contributed by atoms with E-state index in [1.54, 1.807) is 35.2 Å². The maximum Gasteiger partial charge on any atom is 0.274 e. The van der Waals surface area contributed by atoms with Gasteiger partial charge in [0, 0.05) is 29.8 Å². The van der Waals surface area contributed by atoms with Gasteiger partial charge in [0.15, 0.2) is 0 Å². The average Bonchev–Trinajstić information content (AvgIpc) is 3.44. The van der Waals surface area contributed by atoms with E-state index >= 15 is 0 Å². The average molecular weight is 362 g/mol. The molecule has 0 unspecified atom stereocenters. The van der Waals surface area contributed by atoms with Gasteiger partial charge in [-0.05, 0) is 30.5 Å². The van der Waals surface area contributed by atoms with Gasteiger partial charge in [0.1, 0.15) is 0 Å². The van der Waals surface area contributed by atoms with Crippen molar-refractivity contribution in [3.05, 3.63) is 75.3 Å². The number of nitro groups is 1. The van der Waals surface area contributed by atoms with Crippen LogP contribution in [-0.4, -0.2) is 21.8 Å². The molecule has 1 fully saturated rings. The maximum atomic E-state index is 12.8. The van der Waals surface area contributed by atoms with Gasteiger partial charge in [0.25, 0.3) is 11.6 Å². The molecule has 0 bridgehead atoms. The minimum Gasteiger partial charge on any atom is -0.331 e. The van der Waals surface area contributed by atoms with Gasteiger partial charge in [-0.25, -0.2) is 0 Å². The second kappa shape index (κ2) is 8.09. The third-order valence-electron chi connectivity index (χ3n) is 4.21. The molecule has 2 aromatic carbocycles. The largest absolute Gasteiger partial charge is 0.331 e. The van der Waals surface area contributed by atoms with Gasteiger partial charge in [-0.1, -0.05) is 30.3 Å². The van der Waals surface area contributed by atoms with Crippen LogP contribution >= 0.6 is 12.4 Å². The Balaban J connectivity index is 0.00000225. The molecule has 1 amide bonds. The highest BCUT2D eigenvalue weighted by Crippen LogP contribution is 2.31. The fourth-order valence-electron chi connectivity index (χ4n) is 2.71. The minimum atomic E-state index is -0.402. The van der Waals surface area contributed by atoms with Gasteiger partial charge in [0.2, 0.25) is 0 Å². The Morgan fingerprint density at radius 1 is 1.16 bits per heavy atom. The minimum absolute atomic E-state index is 0. The molecule has 0 spiro atoms. The summed E-state index contributed by atoms with van der Waals surface area (Å²) >= 11 is 0. The molecular formula is C18H20ClN3O3. The van der Waals surface area contributed by atoms with Gasteiger partial charge in [-0.3, -0.25) is 14.9 Å². The first-order valence-electron chi connectivity index (χ1n) is 7.92. The number of halogens is 1. The summed E-state index contributed by atoms with van der Waals surface area (Å²) in [6, 6.07) is 13.9. The van der Waals surface area contributed by atoms with Gasteiger partial charge >= 0.3 is 0 Å². The van der Waals surface area contributed by atoms with E-state index in [9.17, 15) is 14.9 Å². The lowest BCUT2D eigenvalue weighted by molar-refractivity contribution is -0.385. The highest BCUT2D eigenvalue weighted by Gasteiger charge is 2.34. The Kier molecular flexibility index (Phi) is 6.12. The Morgan fingerprint density at radius 3 is 2.36 bits per heavy atom. The van der Waals surface area contributed by atoms with Crippen LogP contribution in [0.15, 0.2) is 48.5 Å². The zero-order valence-corrected chi connectivity index (χ0v) is 14.4. The van der Waals surface area contributed by atoms with Crippen LogP contribution in [0.4, 0.5) is 5.69 Å². The maximum absolute atomic E-state index is 12.8. The van der Waals surface area contributed by atoms with Crippen molar-refractivity contribution in [3.63, 3.8) is 0 Å². The van der Waals surface area contributed by atoms with E-state index in [0.717, 1.165) is 18.4 Å². The van der Waals surface area contributed by atoms with Crippen molar-refractivity contribution >= 4 is 24.0 Å². The molecule has 0 radical (unpaired) electrons. The predicted octanol–water partition coefficient (Wildman–Crippen LogP) is 3.28. The number of rotatable bonds is 6. The fraction of sp³-hybridized carbons (Fsp3) is 0.278. The van der Waals surface area contributed by atoms with Crippen LogP contribution in [0.5, 0.6) is 0 Å². The van der Waals surface area contributed by atoms with E-state index in [4.69, 9.17) is 5.73 Å². The molecule has 1 aliphatic carbocycles. The number of benzene rings is 2. The molecule has 3 rings (SSSR count). The fourth-order valence-corrected chi connectivity index (χ4v) is 2.71. The van der Waals surface area contributed by atoms with E-state index in [2.05, 4.69) is 0 Å². The lowest BCUT2D eigenvalue weighted by Gasteiger charge is -2.22. The third-order valence-corrected chi connectivity index (χ3v) is 4.21. The Hall–Kier alpha value is -2.44. The molecule has 2 N–H and O–H groups in total. The Morgan fingerprint density at radius 2 is 1.80 bits per heavy atom. The number of amides is 1. The van der Waals surface area contributed by atoms with Crippen LogP contribution in [0.25, 0.3) is 0 Å². The topological polar surface area (TPSA) is 89.5 Å². The summed E-state index contributed by atoms with van der Waals surface area (Å²) in [6.07, 6.45) is 1.88. The first-order valence-corrected chi connectivity index (χ1v) is 7.92. The van der Waals surface area contributed by atoms with Crippen LogP contribution in [-0.2, 0) is 13.1 Å². The number of carbonyl (C=O) groups is 1. The Labute approximate surface area is 152 Å². The molecule has 6 nitrogen and oxygen atoms in total. The summed E-state index contributed by atoms with van der Waals surface area (Å²) < 4.78 is 0. The number of nitro benzene ring substituents is 1. The molecule has 0 atom stereocenters. The van der Waals surface area contributed by atoms with Gasteiger partial charge in [-0.15, -0.1) is 12.4 Å². The first kappa shape index (κ1) is 18.9. The molecular weight excluding hydrogens is 342 g/mol. The van der Waals surface area contributed by atoms with Crippen molar-refractivity contribution in [2.45, 2.75) is 32.0 Å². The number of nitrogens with zero attached hydrogens (tertiary/aromatic N) is 2. The van der Waals surface area contributed by atoms with Crippen LogP contribution in [0.1, 0.15) is 34.3 Å². The van der Waals surface area contributed by atoms with Gasteiger partial charge in [-0.2, -0.15) is 0 Å². The van der Waals surface area contributed by atoms with Crippen molar-refractivity contribution in [2.24, 2.45) is 5.73 Å². The molecule has 0 heterocycles. The van der Waals surface area contributed by atoms with E-state index in [1.165, 1.54) is 6.07 Å². The van der Waals surface area contributed by atoms with Crippen LogP contribution in [0, 0.1) is 10.1 Å². The number of hydrogen-bond acceptors (Lipinski definition) is 4. The Bertz CT molecular complexity index is 760. The van der Waals surface area contributed by atoms with E-state index in [1.807, 2.05) is 12.1 Å². The molecule has 25 heavy (non-hydrogen) atoms. The molecule has 0 saturated heterocycles. The van der Waals surface area contributed by atoms with Gasteiger partial charge in [0.05, 0.1) is 11.5 Å². The lowest BCUT2D eigenvalue weighted by Crippen LogP contribution is -2.32. The van der Waals surface area contributed by atoms with E-state index in [-0.39, 0.29) is 36.6 Å². The van der Waals surface area contributed by atoms with Crippen molar-refractivity contribution < 1.29 is 9.72 Å². The number of nitrogens with two attached hydrogens (primary N) is 1. The van der Waals surface area contributed by atoms with E-state index in [0.29, 0.717) is 17.7 Å². The van der Waals surface area contributed by atoms with Crippen molar-refractivity contribution in [1.82, 2.24) is 4.90 Å². The van der Waals surface area contributed by atoms with Crippen molar-refractivity contribution in [3.8, 4) is 0 Å². The summed E-state index contributed by atoms with van der Waals surface area (Å²) in [6.45, 7) is 0.677. The smallest absolute Gasteiger partial charge is 0.274 e. The summed E-state index contributed by atoms with van der Waals surface area (Å²) in [4.78, 5) is 25.4. The molecule has 7 heteroatoms. The van der Waals surface area contributed by atoms with Crippen molar-refractivity contribution in [2.75, 3.05) is 0 Å². The second-order valence-electron chi connectivity index (χ2n) is 5.95. The zero-order valence-electron chi connectivity index (χ0n) is 13.6. The summed E-state index contributed by atoms with van der Waals surface area (Å²) in [5.41, 5.74) is 7.73. The number of para-hydroxylation sites is 1. The number of hydrogen-bond donors (Lipinski definition) is 1. The SMILES string of the molecule is Cl.NCc1ccc(C(=O)N(Cc2ccccc2[N+](=O)[O-])C2CC2)cc1. The van der Waals surface area contributed by atoms with Crippen LogP contribution < -0.4 is 5.73 Å². The summed E-state index contributed by atoms with van der Waals surface area (Å²) in [5.74, 6) is -0.0979. The monoisotopic (exact) mass is 361 g/mol. The summed E-state index contributed by atoms with van der Waals surface area (Å²) in [5, 5.41) is 11.2.